The highest BCUT2D eigenvalue weighted by Gasteiger charge is 2.21. The largest absolute Gasteiger partial charge is 0.492 e. The van der Waals surface area contributed by atoms with Gasteiger partial charge in [0, 0.05) is 22.4 Å². The topological polar surface area (TPSA) is 35.2 Å². The Hall–Kier alpha value is -1.70. The van der Waals surface area contributed by atoms with Gasteiger partial charge in [-0.2, -0.15) is 0 Å². The predicted molar refractivity (Wildman–Crippen MR) is 89.7 cm³/mol. The summed E-state index contributed by atoms with van der Waals surface area (Å²) in [6, 6.07) is 8.27. The van der Waals surface area contributed by atoms with E-state index in [-0.39, 0.29) is 0 Å². The molecule has 110 valence electrons. The van der Waals surface area contributed by atoms with Gasteiger partial charge in [0.1, 0.15) is 5.75 Å². The molecule has 0 saturated heterocycles. The number of hydrogen-bond acceptors (Lipinski definition) is 2. The second-order valence-corrected chi connectivity index (χ2v) is 4.59. The summed E-state index contributed by atoms with van der Waals surface area (Å²) in [5.41, 5.74) is 9.48. The van der Waals surface area contributed by atoms with Crippen LogP contribution in [0.5, 0.6) is 5.75 Å². The summed E-state index contributed by atoms with van der Waals surface area (Å²) >= 11 is 0. The zero-order chi connectivity index (χ0) is 15.3. The molecule has 0 amide bonds. The van der Waals surface area contributed by atoms with Crippen molar-refractivity contribution in [2.45, 2.75) is 47.5 Å². The minimum Gasteiger partial charge on any atom is -0.492 e. The molecule has 2 aromatic carbocycles. The van der Waals surface area contributed by atoms with Gasteiger partial charge in [0.05, 0.1) is 6.61 Å². The minimum atomic E-state index is 0.442. The first-order valence-corrected chi connectivity index (χ1v) is 7.63. The fourth-order valence-corrected chi connectivity index (χ4v) is 2.53. The maximum Gasteiger partial charge on any atom is 0.127 e. The van der Waals surface area contributed by atoms with Crippen molar-refractivity contribution in [2.75, 3.05) is 12.3 Å². The molecule has 0 aromatic heterocycles. The maximum atomic E-state index is 6.06. The molecule has 0 radical (unpaired) electrons. The van der Waals surface area contributed by atoms with Crippen molar-refractivity contribution in [3.63, 3.8) is 0 Å². The Labute approximate surface area is 122 Å². The fourth-order valence-electron chi connectivity index (χ4n) is 2.53. The number of nitrogen functional groups attached to an aromatic ring is 1. The first-order chi connectivity index (χ1) is 9.68. The van der Waals surface area contributed by atoms with E-state index >= 15 is 0 Å². The molecule has 0 spiro atoms. The van der Waals surface area contributed by atoms with Crippen LogP contribution in [0.1, 0.15) is 51.7 Å². The molecular formula is C18H27NO. The van der Waals surface area contributed by atoms with Crippen LogP contribution in [0.25, 0.3) is 10.8 Å². The molecule has 1 atom stereocenters. The summed E-state index contributed by atoms with van der Waals surface area (Å²) in [7, 11) is 0. The lowest BCUT2D eigenvalue weighted by Gasteiger charge is -2.25. The van der Waals surface area contributed by atoms with Crippen molar-refractivity contribution in [1.82, 2.24) is 0 Å². The molecule has 20 heavy (non-hydrogen) atoms. The highest BCUT2D eigenvalue weighted by molar-refractivity contribution is 6.02. The zero-order valence-electron chi connectivity index (χ0n) is 13.6. The second-order valence-electron chi connectivity index (χ2n) is 4.59. The Bertz CT molecular complexity index is 567. The van der Waals surface area contributed by atoms with Crippen molar-refractivity contribution in [2.24, 2.45) is 0 Å². The number of aryl methyl sites for hydroxylation is 1. The van der Waals surface area contributed by atoms with Crippen molar-refractivity contribution < 1.29 is 4.74 Å². The van der Waals surface area contributed by atoms with Gasteiger partial charge in [-0.15, -0.1) is 0 Å². The van der Waals surface area contributed by atoms with Crippen LogP contribution >= 0.6 is 0 Å². The molecule has 3 rings (SSSR count). The van der Waals surface area contributed by atoms with Gasteiger partial charge in [-0.05, 0) is 30.2 Å². The van der Waals surface area contributed by atoms with Gasteiger partial charge in [-0.1, -0.05) is 46.8 Å². The first-order valence-electron chi connectivity index (χ1n) is 7.63. The number of anilines is 1. The molecule has 2 nitrogen and oxygen atoms in total. The quantitative estimate of drug-likeness (QED) is 0.663. The van der Waals surface area contributed by atoms with E-state index in [1.54, 1.807) is 0 Å². The highest BCUT2D eigenvalue weighted by Crippen LogP contribution is 2.41. The van der Waals surface area contributed by atoms with Crippen LogP contribution in [-0.2, 0) is 0 Å². The lowest BCUT2D eigenvalue weighted by Crippen LogP contribution is -2.13. The molecule has 2 aromatic rings. The molecule has 0 fully saturated rings. The molecule has 2 heteroatoms. The molecule has 1 heterocycles. The van der Waals surface area contributed by atoms with Crippen LogP contribution in [0.15, 0.2) is 24.3 Å². The van der Waals surface area contributed by atoms with E-state index in [0.717, 1.165) is 23.4 Å². The Balaban J connectivity index is 0.000000461. The summed E-state index contributed by atoms with van der Waals surface area (Å²) in [6.45, 7) is 13.0. The smallest absolute Gasteiger partial charge is 0.127 e. The number of hydrogen-bond donors (Lipinski definition) is 1. The lowest BCUT2D eigenvalue weighted by molar-refractivity contribution is 0.290. The van der Waals surface area contributed by atoms with E-state index in [2.05, 4.69) is 26.0 Å². The Morgan fingerprint density at radius 2 is 1.65 bits per heavy atom. The van der Waals surface area contributed by atoms with Gasteiger partial charge in [0.25, 0.3) is 0 Å². The summed E-state index contributed by atoms with van der Waals surface area (Å²) in [5, 5.41) is 2.36. The van der Waals surface area contributed by atoms with Gasteiger partial charge >= 0.3 is 0 Å². The van der Waals surface area contributed by atoms with Gasteiger partial charge in [0.2, 0.25) is 0 Å². The lowest BCUT2D eigenvalue weighted by atomic mass is 9.90. The Morgan fingerprint density at radius 3 is 2.30 bits per heavy atom. The summed E-state index contributed by atoms with van der Waals surface area (Å²) in [4.78, 5) is 0. The first kappa shape index (κ1) is 16.4. The van der Waals surface area contributed by atoms with E-state index in [4.69, 9.17) is 10.5 Å². The monoisotopic (exact) mass is 273 g/mol. The van der Waals surface area contributed by atoms with Gasteiger partial charge in [0.15, 0.2) is 0 Å². The molecular weight excluding hydrogens is 246 g/mol. The van der Waals surface area contributed by atoms with Crippen LogP contribution < -0.4 is 10.5 Å². The van der Waals surface area contributed by atoms with Crippen LogP contribution in [0.3, 0.4) is 0 Å². The average molecular weight is 273 g/mol. The predicted octanol–water partition coefficient (Wildman–Crippen LogP) is 5.28. The summed E-state index contributed by atoms with van der Waals surface area (Å²) < 4.78 is 5.76. The van der Waals surface area contributed by atoms with Crippen LogP contribution in [0, 0.1) is 6.92 Å². The van der Waals surface area contributed by atoms with Crippen LogP contribution in [0.4, 0.5) is 5.69 Å². The number of nitrogens with two attached hydrogens (primary N) is 1. The molecule has 0 bridgehead atoms. The van der Waals surface area contributed by atoms with E-state index in [1.165, 1.54) is 16.5 Å². The summed E-state index contributed by atoms with van der Waals surface area (Å²) in [5.74, 6) is 1.42. The molecule has 0 aliphatic carbocycles. The van der Waals surface area contributed by atoms with E-state index in [1.807, 2.05) is 39.8 Å². The number of rotatable bonds is 0. The minimum absolute atomic E-state index is 0.442. The summed E-state index contributed by atoms with van der Waals surface area (Å²) in [6.07, 6.45) is 0. The van der Waals surface area contributed by atoms with E-state index < -0.39 is 0 Å². The number of ether oxygens (including phenoxy) is 1. The third-order valence-corrected chi connectivity index (χ3v) is 3.41. The number of benzene rings is 2. The Kier molecular flexibility index (Phi) is 5.87. The van der Waals surface area contributed by atoms with Crippen LogP contribution in [0.2, 0.25) is 0 Å². The normalized spacial score (nSPS) is 15.4. The van der Waals surface area contributed by atoms with Crippen molar-refractivity contribution in [3.8, 4) is 5.75 Å². The van der Waals surface area contributed by atoms with Gasteiger partial charge in [-0.25, -0.2) is 0 Å². The second kappa shape index (κ2) is 7.18. The molecule has 1 unspecified atom stereocenters. The standard InChI is InChI=1S/C14H15NO.2C2H6/c1-8-3-4-10-9(2)7-16-12-6-5-11(15)13(8)14(10)12;2*1-2/h3-6,9H,7,15H2,1-2H3;2*1-2H3. The van der Waals surface area contributed by atoms with Crippen LogP contribution in [-0.4, -0.2) is 6.61 Å². The molecule has 1 aliphatic rings. The molecule has 1 aliphatic heterocycles. The Morgan fingerprint density at radius 1 is 1.00 bits per heavy atom. The fraction of sp³-hybridized carbons (Fsp3) is 0.444. The van der Waals surface area contributed by atoms with E-state index in [9.17, 15) is 0 Å². The molecule has 2 N–H and O–H groups in total. The van der Waals surface area contributed by atoms with Gasteiger partial charge in [-0.3, -0.25) is 0 Å². The molecule has 0 saturated carbocycles. The van der Waals surface area contributed by atoms with Crippen molar-refractivity contribution in [3.05, 3.63) is 35.4 Å². The average Bonchev–Trinajstić information content (AvgIpc) is 2.50. The third kappa shape index (κ3) is 2.74. The van der Waals surface area contributed by atoms with E-state index in [0.29, 0.717) is 5.92 Å². The van der Waals surface area contributed by atoms with Crippen molar-refractivity contribution >= 4 is 16.5 Å². The SMILES string of the molecule is CC.CC.Cc1ccc2c3c(ccc(N)c13)OCC2C. The zero-order valence-corrected chi connectivity index (χ0v) is 13.6. The third-order valence-electron chi connectivity index (χ3n) is 3.41. The highest BCUT2D eigenvalue weighted by atomic mass is 16.5. The van der Waals surface area contributed by atoms with Crippen molar-refractivity contribution in [1.29, 1.82) is 0 Å². The van der Waals surface area contributed by atoms with Gasteiger partial charge < -0.3 is 10.5 Å². The maximum absolute atomic E-state index is 6.06.